The molecule has 1 atom stereocenters. The van der Waals surface area contributed by atoms with Crippen LogP contribution in [0.1, 0.15) is 5.56 Å². The summed E-state index contributed by atoms with van der Waals surface area (Å²) in [5, 5.41) is 15.6. The van der Waals surface area contributed by atoms with Gasteiger partial charge in [-0.25, -0.2) is 0 Å². The topological polar surface area (TPSA) is 50.7 Å². The number of hydrogen-bond donors (Lipinski definition) is 2. The molecule has 2 N–H and O–H groups in total. The summed E-state index contributed by atoms with van der Waals surface area (Å²) < 4.78 is 10.9. The highest BCUT2D eigenvalue weighted by molar-refractivity contribution is 5.88. The maximum Gasteiger partial charge on any atom is 0.127 e. The van der Waals surface area contributed by atoms with Gasteiger partial charge in [0.15, 0.2) is 0 Å². The summed E-state index contributed by atoms with van der Waals surface area (Å²) in [5.41, 5.74) is 1.14. The SMILES string of the molecule is COc1ccc(CNCC(O)COc2cccc3ccccc23)cc1.Cl. The van der Waals surface area contributed by atoms with Crippen LogP contribution in [0.4, 0.5) is 0 Å². The van der Waals surface area contributed by atoms with E-state index in [4.69, 9.17) is 9.47 Å². The quantitative estimate of drug-likeness (QED) is 0.630. The lowest BCUT2D eigenvalue weighted by molar-refractivity contribution is 0.107. The molecule has 0 saturated carbocycles. The van der Waals surface area contributed by atoms with E-state index in [0.29, 0.717) is 13.1 Å². The van der Waals surface area contributed by atoms with Gasteiger partial charge in [-0.15, -0.1) is 12.4 Å². The molecular formula is C21H24ClNO3. The van der Waals surface area contributed by atoms with Gasteiger partial charge in [0.2, 0.25) is 0 Å². The first-order chi connectivity index (χ1) is 12.3. The molecule has 0 aliphatic carbocycles. The van der Waals surface area contributed by atoms with Crippen LogP contribution in [0.5, 0.6) is 11.5 Å². The van der Waals surface area contributed by atoms with Crippen molar-refractivity contribution in [2.45, 2.75) is 12.6 Å². The third-order valence-electron chi connectivity index (χ3n) is 4.05. The predicted octanol–water partition coefficient (Wildman–Crippen LogP) is 3.80. The van der Waals surface area contributed by atoms with Gasteiger partial charge in [0, 0.05) is 18.5 Å². The molecule has 3 aromatic rings. The second kappa shape index (κ2) is 10.0. The molecular weight excluding hydrogens is 350 g/mol. The molecule has 0 aliphatic rings. The van der Waals surface area contributed by atoms with Crippen LogP contribution in [0.15, 0.2) is 66.7 Å². The molecule has 0 saturated heterocycles. The normalized spacial score (nSPS) is 11.6. The summed E-state index contributed by atoms with van der Waals surface area (Å²) in [4.78, 5) is 0. The van der Waals surface area contributed by atoms with Crippen molar-refractivity contribution in [1.82, 2.24) is 5.32 Å². The molecule has 26 heavy (non-hydrogen) atoms. The number of aliphatic hydroxyl groups excluding tert-OH is 1. The Kier molecular flexibility index (Phi) is 7.73. The lowest BCUT2D eigenvalue weighted by atomic mass is 10.1. The number of rotatable bonds is 8. The van der Waals surface area contributed by atoms with Gasteiger partial charge in [0.1, 0.15) is 24.2 Å². The van der Waals surface area contributed by atoms with Crippen LogP contribution in [-0.4, -0.2) is 31.5 Å². The Morgan fingerprint density at radius 2 is 1.69 bits per heavy atom. The van der Waals surface area contributed by atoms with Crippen molar-refractivity contribution in [2.24, 2.45) is 0 Å². The molecule has 4 nitrogen and oxygen atoms in total. The Balaban J connectivity index is 0.00000243. The minimum Gasteiger partial charge on any atom is -0.497 e. The molecule has 5 heteroatoms. The van der Waals surface area contributed by atoms with E-state index < -0.39 is 6.10 Å². The van der Waals surface area contributed by atoms with E-state index in [1.165, 1.54) is 0 Å². The zero-order valence-electron chi connectivity index (χ0n) is 14.7. The molecule has 0 aromatic heterocycles. The number of nitrogens with one attached hydrogen (secondary N) is 1. The predicted molar refractivity (Wildman–Crippen MR) is 107 cm³/mol. The van der Waals surface area contributed by atoms with Gasteiger partial charge in [-0.3, -0.25) is 0 Å². The Hall–Kier alpha value is -2.27. The zero-order valence-corrected chi connectivity index (χ0v) is 15.5. The average molecular weight is 374 g/mol. The van der Waals surface area contributed by atoms with Crippen LogP contribution < -0.4 is 14.8 Å². The number of ether oxygens (including phenoxy) is 2. The standard InChI is InChI=1S/C21H23NO3.ClH/c1-24-19-11-9-16(10-12-19)13-22-14-18(23)15-25-21-8-4-6-17-5-2-3-7-20(17)21;/h2-12,18,22-23H,13-15H2,1H3;1H. The van der Waals surface area contributed by atoms with E-state index >= 15 is 0 Å². The van der Waals surface area contributed by atoms with Crippen LogP contribution in [0.2, 0.25) is 0 Å². The van der Waals surface area contributed by atoms with Gasteiger partial charge in [-0.2, -0.15) is 0 Å². The summed E-state index contributed by atoms with van der Waals surface area (Å²) in [7, 11) is 1.65. The van der Waals surface area contributed by atoms with Crippen LogP contribution >= 0.6 is 12.4 Å². The summed E-state index contributed by atoms with van der Waals surface area (Å²) in [6.07, 6.45) is -0.572. The second-order valence-electron chi connectivity index (χ2n) is 5.92. The van der Waals surface area contributed by atoms with Crippen molar-refractivity contribution in [1.29, 1.82) is 0 Å². The first-order valence-corrected chi connectivity index (χ1v) is 8.38. The minimum atomic E-state index is -0.572. The molecule has 0 aliphatic heterocycles. The smallest absolute Gasteiger partial charge is 0.127 e. The van der Waals surface area contributed by atoms with E-state index in [1.807, 2.05) is 54.6 Å². The summed E-state index contributed by atoms with van der Waals surface area (Å²) in [6.45, 7) is 1.41. The van der Waals surface area contributed by atoms with Crippen molar-refractivity contribution in [2.75, 3.05) is 20.3 Å². The third-order valence-corrected chi connectivity index (χ3v) is 4.05. The highest BCUT2D eigenvalue weighted by Crippen LogP contribution is 2.25. The van der Waals surface area contributed by atoms with Gasteiger partial charge in [-0.1, -0.05) is 48.5 Å². The summed E-state index contributed by atoms with van der Waals surface area (Å²) in [5.74, 6) is 1.64. The van der Waals surface area contributed by atoms with E-state index in [0.717, 1.165) is 27.8 Å². The first-order valence-electron chi connectivity index (χ1n) is 8.38. The number of aliphatic hydroxyl groups is 1. The largest absolute Gasteiger partial charge is 0.497 e. The maximum absolute atomic E-state index is 10.1. The first kappa shape index (κ1) is 20.0. The van der Waals surface area contributed by atoms with Crippen molar-refractivity contribution < 1.29 is 14.6 Å². The lowest BCUT2D eigenvalue weighted by Gasteiger charge is -2.14. The van der Waals surface area contributed by atoms with Crippen molar-refractivity contribution in [3.8, 4) is 11.5 Å². The number of halogens is 1. The summed E-state index contributed by atoms with van der Waals surface area (Å²) in [6, 6.07) is 21.9. The molecule has 138 valence electrons. The van der Waals surface area contributed by atoms with Crippen molar-refractivity contribution >= 4 is 23.2 Å². The molecule has 3 aromatic carbocycles. The van der Waals surface area contributed by atoms with Crippen LogP contribution in [0, 0.1) is 0 Å². The minimum absolute atomic E-state index is 0. The van der Waals surface area contributed by atoms with Crippen LogP contribution in [0.25, 0.3) is 10.8 Å². The van der Waals surface area contributed by atoms with E-state index in [1.54, 1.807) is 7.11 Å². The number of fused-ring (bicyclic) bond motifs is 1. The van der Waals surface area contributed by atoms with Gasteiger partial charge < -0.3 is 19.9 Å². The second-order valence-corrected chi connectivity index (χ2v) is 5.92. The fourth-order valence-corrected chi connectivity index (χ4v) is 2.69. The average Bonchev–Trinajstić information content (AvgIpc) is 2.67. The van der Waals surface area contributed by atoms with Crippen LogP contribution in [0.3, 0.4) is 0 Å². The molecule has 0 radical (unpaired) electrons. The number of methoxy groups -OCH3 is 1. The van der Waals surface area contributed by atoms with E-state index in [-0.39, 0.29) is 19.0 Å². The highest BCUT2D eigenvalue weighted by Gasteiger charge is 2.07. The molecule has 1 unspecified atom stereocenters. The zero-order chi connectivity index (χ0) is 17.5. The number of hydrogen-bond acceptors (Lipinski definition) is 4. The van der Waals surface area contributed by atoms with Crippen molar-refractivity contribution in [3.05, 3.63) is 72.3 Å². The monoisotopic (exact) mass is 373 g/mol. The third kappa shape index (κ3) is 5.36. The van der Waals surface area contributed by atoms with E-state index in [9.17, 15) is 5.11 Å². The molecule has 0 heterocycles. The Morgan fingerprint density at radius 1 is 0.962 bits per heavy atom. The Bertz CT molecular complexity index is 802. The van der Waals surface area contributed by atoms with E-state index in [2.05, 4.69) is 17.4 Å². The molecule has 0 amide bonds. The highest BCUT2D eigenvalue weighted by atomic mass is 35.5. The van der Waals surface area contributed by atoms with Gasteiger partial charge >= 0.3 is 0 Å². The van der Waals surface area contributed by atoms with Crippen molar-refractivity contribution in [3.63, 3.8) is 0 Å². The molecule has 3 rings (SSSR count). The maximum atomic E-state index is 10.1. The van der Waals surface area contributed by atoms with Gasteiger partial charge in [0.05, 0.1) is 7.11 Å². The molecule has 0 bridgehead atoms. The summed E-state index contributed by atoms with van der Waals surface area (Å²) >= 11 is 0. The van der Waals surface area contributed by atoms with Crippen LogP contribution in [-0.2, 0) is 6.54 Å². The lowest BCUT2D eigenvalue weighted by Crippen LogP contribution is -2.31. The fourth-order valence-electron chi connectivity index (χ4n) is 2.69. The number of benzene rings is 3. The molecule has 0 fully saturated rings. The fraction of sp³-hybridized carbons (Fsp3) is 0.238. The Morgan fingerprint density at radius 3 is 2.46 bits per heavy atom. The van der Waals surface area contributed by atoms with Gasteiger partial charge in [-0.05, 0) is 29.1 Å². The van der Waals surface area contributed by atoms with Gasteiger partial charge in [0.25, 0.3) is 0 Å². The molecule has 0 spiro atoms. The Labute approximate surface area is 160 Å².